The third kappa shape index (κ3) is 3.28. The third-order valence-electron chi connectivity index (χ3n) is 4.83. The van der Waals surface area contributed by atoms with E-state index in [4.69, 9.17) is 4.42 Å². The first kappa shape index (κ1) is 17.9. The molecule has 2 aromatic carbocycles. The summed E-state index contributed by atoms with van der Waals surface area (Å²) in [5, 5.41) is 11.2. The zero-order chi connectivity index (χ0) is 19.6. The van der Waals surface area contributed by atoms with E-state index in [0.717, 1.165) is 5.56 Å². The van der Waals surface area contributed by atoms with Crippen molar-refractivity contribution in [2.45, 2.75) is 18.6 Å². The molecule has 1 atom stereocenters. The van der Waals surface area contributed by atoms with Crippen molar-refractivity contribution in [3.8, 4) is 0 Å². The summed E-state index contributed by atoms with van der Waals surface area (Å²) in [5.74, 6) is -0.315. The molecule has 0 aliphatic carbocycles. The number of fused-ring (bicyclic) bond motifs is 1. The lowest BCUT2D eigenvalue weighted by Crippen LogP contribution is -2.41. The number of anilines is 1. The molecule has 0 saturated carbocycles. The fraction of sp³-hybridized carbons (Fsp3) is 0.130. The first-order valence-corrected chi connectivity index (χ1v) is 9.00. The molecule has 1 aliphatic heterocycles. The van der Waals surface area contributed by atoms with E-state index in [1.807, 2.05) is 36.4 Å². The second-order valence-corrected chi connectivity index (χ2v) is 6.75. The van der Waals surface area contributed by atoms with E-state index >= 15 is 0 Å². The summed E-state index contributed by atoms with van der Waals surface area (Å²) in [4.78, 5) is 27.1. The van der Waals surface area contributed by atoms with Crippen LogP contribution in [0.25, 0.3) is 6.08 Å². The number of allylic oxidation sites excluding steroid dienone is 1. The van der Waals surface area contributed by atoms with Crippen LogP contribution >= 0.6 is 0 Å². The summed E-state index contributed by atoms with van der Waals surface area (Å²) in [7, 11) is 0. The van der Waals surface area contributed by atoms with Gasteiger partial charge in [-0.05, 0) is 35.9 Å². The zero-order valence-corrected chi connectivity index (χ0v) is 15.1. The van der Waals surface area contributed by atoms with Crippen molar-refractivity contribution in [1.82, 2.24) is 0 Å². The second kappa shape index (κ2) is 7.29. The molecule has 1 N–H and O–H groups in total. The number of nitrogens with zero attached hydrogens (tertiary/aromatic N) is 1. The summed E-state index contributed by atoms with van der Waals surface area (Å²) < 4.78 is 5.16. The lowest BCUT2D eigenvalue weighted by molar-refractivity contribution is -0.140. The van der Waals surface area contributed by atoms with Crippen LogP contribution in [0.15, 0.2) is 83.5 Å². The molecule has 1 amide bonds. The van der Waals surface area contributed by atoms with Crippen LogP contribution < -0.4 is 4.90 Å². The Hall–Kier alpha value is -3.44. The molecule has 1 aromatic heterocycles. The summed E-state index contributed by atoms with van der Waals surface area (Å²) in [6, 6.07) is 20.0. The van der Waals surface area contributed by atoms with Crippen molar-refractivity contribution < 1.29 is 19.1 Å². The molecule has 0 bridgehead atoms. The van der Waals surface area contributed by atoms with Crippen LogP contribution in [-0.2, 0) is 21.7 Å². The number of amides is 1. The second-order valence-electron chi connectivity index (χ2n) is 6.75. The Labute approximate surface area is 162 Å². The Kier molecular flexibility index (Phi) is 4.67. The van der Waals surface area contributed by atoms with Crippen LogP contribution in [0.2, 0.25) is 0 Å². The van der Waals surface area contributed by atoms with Crippen LogP contribution in [0, 0.1) is 0 Å². The molecule has 2 heterocycles. The van der Waals surface area contributed by atoms with Crippen LogP contribution in [0.5, 0.6) is 0 Å². The van der Waals surface area contributed by atoms with Gasteiger partial charge in [-0.2, -0.15) is 0 Å². The van der Waals surface area contributed by atoms with Crippen molar-refractivity contribution in [3.05, 3.63) is 96.0 Å². The van der Waals surface area contributed by atoms with Gasteiger partial charge in [0.2, 0.25) is 0 Å². The topological polar surface area (TPSA) is 70.7 Å². The smallest absolute Gasteiger partial charge is 0.264 e. The number of aliphatic hydroxyl groups is 1. The van der Waals surface area contributed by atoms with Crippen molar-refractivity contribution in [2.24, 2.45) is 0 Å². The molecule has 0 fully saturated rings. The summed E-state index contributed by atoms with van der Waals surface area (Å²) >= 11 is 0. The van der Waals surface area contributed by atoms with Gasteiger partial charge in [0, 0.05) is 5.56 Å². The zero-order valence-electron chi connectivity index (χ0n) is 15.1. The monoisotopic (exact) mass is 373 g/mol. The van der Waals surface area contributed by atoms with Gasteiger partial charge in [0.1, 0.15) is 5.76 Å². The normalized spacial score (nSPS) is 18.6. The Morgan fingerprint density at radius 3 is 2.54 bits per heavy atom. The average Bonchev–Trinajstić information content (AvgIpc) is 3.30. The van der Waals surface area contributed by atoms with Crippen LogP contribution in [0.3, 0.4) is 0 Å². The van der Waals surface area contributed by atoms with Gasteiger partial charge >= 0.3 is 0 Å². The predicted octanol–water partition coefficient (Wildman–Crippen LogP) is 3.69. The highest BCUT2D eigenvalue weighted by Crippen LogP contribution is 2.43. The number of benzene rings is 2. The highest BCUT2D eigenvalue weighted by molar-refractivity contribution is 6.10. The van der Waals surface area contributed by atoms with Gasteiger partial charge in [0.25, 0.3) is 5.91 Å². The molecule has 0 saturated heterocycles. The largest absolute Gasteiger partial charge is 0.465 e. The quantitative estimate of drug-likeness (QED) is 0.669. The Morgan fingerprint density at radius 1 is 1.04 bits per heavy atom. The van der Waals surface area contributed by atoms with Gasteiger partial charge in [0.15, 0.2) is 11.4 Å². The number of carbonyl (C=O) groups excluding carboxylic acids is 2. The number of para-hydroxylation sites is 1. The fourth-order valence-corrected chi connectivity index (χ4v) is 3.47. The number of rotatable bonds is 6. The van der Waals surface area contributed by atoms with Crippen LogP contribution in [0.4, 0.5) is 5.69 Å². The maximum absolute atomic E-state index is 13.1. The summed E-state index contributed by atoms with van der Waals surface area (Å²) in [6.07, 6.45) is 4.03. The van der Waals surface area contributed by atoms with Crippen LogP contribution in [-0.4, -0.2) is 16.8 Å². The van der Waals surface area contributed by atoms with Gasteiger partial charge in [-0.3, -0.25) is 9.59 Å². The lowest BCUT2D eigenvalue weighted by Gasteiger charge is -2.22. The van der Waals surface area contributed by atoms with Crippen LogP contribution in [0.1, 0.15) is 23.3 Å². The molecular formula is C23H19NO4. The fourth-order valence-electron chi connectivity index (χ4n) is 3.47. The minimum absolute atomic E-state index is 0.328. The van der Waals surface area contributed by atoms with Gasteiger partial charge in [0.05, 0.1) is 24.9 Å². The molecule has 0 radical (unpaired) electrons. The lowest BCUT2D eigenvalue weighted by atomic mass is 9.90. The molecule has 5 heteroatoms. The molecule has 1 aliphatic rings. The van der Waals surface area contributed by atoms with Crippen molar-refractivity contribution in [3.63, 3.8) is 0 Å². The molecule has 4 rings (SSSR count). The van der Waals surface area contributed by atoms with Gasteiger partial charge in [-0.1, -0.05) is 48.5 Å². The Bertz CT molecular complexity index is 1020. The minimum atomic E-state index is -1.88. The minimum Gasteiger partial charge on any atom is -0.465 e. The summed E-state index contributed by atoms with van der Waals surface area (Å²) in [6.45, 7) is 0.329. The SMILES string of the molecule is O=C(/C=C/c1ccco1)CC1(O)C(=O)N(Cc2ccccc2)c2ccccc21. The number of carbonyl (C=O) groups is 2. The summed E-state index contributed by atoms with van der Waals surface area (Å²) in [5.41, 5.74) is 0.145. The highest BCUT2D eigenvalue weighted by Gasteiger charge is 2.50. The molecule has 1 unspecified atom stereocenters. The molecule has 140 valence electrons. The Balaban J connectivity index is 1.61. The molecular weight excluding hydrogens is 354 g/mol. The third-order valence-corrected chi connectivity index (χ3v) is 4.83. The molecule has 0 spiro atoms. The van der Waals surface area contributed by atoms with E-state index in [9.17, 15) is 14.7 Å². The first-order valence-electron chi connectivity index (χ1n) is 9.00. The number of furan rings is 1. The van der Waals surface area contributed by atoms with Crippen molar-refractivity contribution in [1.29, 1.82) is 0 Å². The maximum Gasteiger partial charge on any atom is 0.264 e. The van der Waals surface area contributed by atoms with Crippen molar-refractivity contribution >= 4 is 23.5 Å². The number of ketones is 1. The van der Waals surface area contributed by atoms with E-state index in [0.29, 0.717) is 23.6 Å². The Morgan fingerprint density at radius 2 is 1.79 bits per heavy atom. The average molecular weight is 373 g/mol. The van der Waals surface area contributed by atoms with E-state index in [2.05, 4.69) is 0 Å². The molecule has 28 heavy (non-hydrogen) atoms. The number of hydrogen-bond donors (Lipinski definition) is 1. The van der Waals surface area contributed by atoms with E-state index < -0.39 is 11.5 Å². The van der Waals surface area contributed by atoms with Gasteiger partial charge in [-0.15, -0.1) is 0 Å². The van der Waals surface area contributed by atoms with E-state index in [-0.39, 0.29) is 12.2 Å². The van der Waals surface area contributed by atoms with Gasteiger partial charge < -0.3 is 14.4 Å². The predicted molar refractivity (Wildman–Crippen MR) is 105 cm³/mol. The molecule has 5 nitrogen and oxygen atoms in total. The highest BCUT2D eigenvalue weighted by atomic mass is 16.3. The molecule has 3 aromatic rings. The van der Waals surface area contributed by atoms with Gasteiger partial charge in [-0.25, -0.2) is 0 Å². The first-order chi connectivity index (χ1) is 13.6. The maximum atomic E-state index is 13.1. The standard InChI is InChI=1S/C23H19NO4/c25-18(12-13-19-9-6-14-28-19)15-23(27)20-10-4-5-11-21(20)24(22(23)26)16-17-7-2-1-3-8-17/h1-14,27H,15-16H2/b13-12+. The van der Waals surface area contributed by atoms with E-state index in [1.54, 1.807) is 30.3 Å². The van der Waals surface area contributed by atoms with Crippen molar-refractivity contribution in [2.75, 3.05) is 4.90 Å². The van der Waals surface area contributed by atoms with E-state index in [1.165, 1.54) is 23.3 Å². The number of hydrogen-bond acceptors (Lipinski definition) is 4.